The van der Waals surface area contributed by atoms with Crippen molar-refractivity contribution in [2.75, 3.05) is 26.3 Å². The first-order chi connectivity index (χ1) is 18.1. The van der Waals surface area contributed by atoms with Crippen molar-refractivity contribution in [1.82, 2.24) is 15.1 Å². The molecule has 200 valence electrons. The zero-order chi connectivity index (χ0) is 25.7. The average molecular weight is 506 g/mol. The molecule has 2 atom stereocenters. The smallest absolute Gasteiger partial charge is 0.270 e. The summed E-state index contributed by atoms with van der Waals surface area (Å²) >= 11 is 0. The molecule has 6 heteroatoms. The van der Waals surface area contributed by atoms with E-state index in [1.165, 1.54) is 24.0 Å². The Hall–Kier alpha value is -2.60. The van der Waals surface area contributed by atoms with E-state index in [1.807, 2.05) is 17.9 Å². The molecule has 1 aromatic rings. The van der Waals surface area contributed by atoms with Gasteiger partial charge >= 0.3 is 0 Å². The molecule has 1 aromatic carbocycles. The van der Waals surface area contributed by atoms with Crippen molar-refractivity contribution in [1.29, 1.82) is 0 Å². The number of carbonyl (C=O) groups excluding carboxylic acids is 2. The minimum Gasteiger partial charge on any atom is -0.381 e. The van der Waals surface area contributed by atoms with E-state index in [9.17, 15) is 9.59 Å². The summed E-state index contributed by atoms with van der Waals surface area (Å²) < 4.78 is 5.59. The van der Waals surface area contributed by atoms with Crippen LogP contribution in [0.15, 0.2) is 53.8 Å². The zero-order valence-electron chi connectivity index (χ0n) is 22.4. The Balaban J connectivity index is 1.36. The van der Waals surface area contributed by atoms with Crippen LogP contribution in [0.1, 0.15) is 89.2 Å². The molecule has 1 N–H and O–H groups in total. The molecule has 5 rings (SSSR count). The number of carbonyl (C=O) groups is 2. The van der Waals surface area contributed by atoms with Crippen LogP contribution in [0.5, 0.6) is 0 Å². The Kier molecular flexibility index (Phi) is 8.33. The molecule has 2 unspecified atom stereocenters. The highest BCUT2D eigenvalue weighted by atomic mass is 16.5. The predicted molar refractivity (Wildman–Crippen MR) is 146 cm³/mol. The molecular weight excluding hydrogens is 462 g/mol. The number of ether oxygens (including phenoxy) is 1. The Bertz CT molecular complexity index is 1010. The summed E-state index contributed by atoms with van der Waals surface area (Å²) in [5.41, 5.74) is 2.47. The second-order valence-electron chi connectivity index (χ2n) is 11.4. The fourth-order valence-electron chi connectivity index (χ4n) is 6.56. The minimum atomic E-state index is -0.904. The first-order valence-corrected chi connectivity index (χ1v) is 14.5. The monoisotopic (exact) mass is 505 g/mol. The summed E-state index contributed by atoms with van der Waals surface area (Å²) in [5, 5.41) is 3.40. The summed E-state index contributed by atoms with van der Waals surface area (Å²) in [5.74, 6) is 0.00831. The Morgan fingerprint density at radius 2 is 1.86 bits per heavy atom. The number of fused-ring (bicyclic) bond motifs is 1. The zero-order valence-corrected chi connectivity index (χ0v) is 22.4. The summed E-state index contributed by atoms with van der Waals surface area (Å²) in [6, 6.07) is 10.7. The number of nitrogens with one attached hydrogen (secondary N) is 1. The van der Waals surface area contributed by atoms with Crippen molar-refractivity contribution in [3.8, 4) is 0 Å². The van der Waals surface area contributed by atoms with Crippen molar-refractivity contribution in [2.45, 2.75) is 95.2 Å². The van der Waals surface area contributed by atoms with Crippen LogP contribution in [-0.4, -0.2) is 59.5 Å². The minimum absolute atomic E-state index is 0.00127. The summed E-state index contributed by atoms with van der Waals surface area (Å²) in [6.07, 6.45) is 15.8. The second kappa shape index (κ2) is 11.8. The molecule has 0 spiro atoms. The van der Waals surface area contributed by atoms with Crippen LogP contribution in [0, 0.1) is 0 Å². The van der Waals surface area contributed by atoms with E-state index in [0.29, 0.717) is 13.1 Å². The number of rotatable bonds is 7. The van der Waals surface area contributed by atoms with Crippen molar-refractivity contribution in [3.05, 3.63) is 59.3 Å². The maximum atomic E-state index is 14.0. The number of nitrogens with zero attached hydrogens (tertiary/aromatic N) is 2. The quantitative estimate of drug-likeness (QED) is 0.405. The van der Waals surface area contributed by atoms with Gasteiger partial charge in [0.05, 0.1) is 31.5 Å². The van der Waals surface area contributed by atoms with E-state index < -0.39 is 5.54 Å². The van der Waals surface area contributed by atoms with Gasteiger partial charge in [-0.25, -0.2) is 0 Å². The number of hydrogen-bond donors (Lipinski definition) is 1. The van der Waals surface area contributed by atoms with Crippen molar-refractivity contribution < 1.29 is 14.3 Å². The Labute approximate surface area is 222 Å². The van der Waals surface area contributed by atoms with Crippen LogP contribution in [-0.2, 0) is 14.3 Å². The van der Waals surface area contributed by atoms with Crippen LogP contribution in [0.4, 0.5) is 0 Å². The molecule has 4 aliphatic rings. The molecule has 6 nitrogen and oxygen atoms in total. The highest BCUT2D eigenvalue weighted by Gasteiger charge is 2.52. The van der Waals surface area contributed by atoms with Crippen molar-refractivity contribution in [2.24, 2.45) is 0 Å². The van der Waals surface area contributed by atoms with E-state index in [-0.39, 0.29) is 23.9 Å². The lowest BCUT2D eigenvalue weighted by Crippen LogP contribution is -2.68. The van der Waals surface area contributed by atoms with E-state index in [4.69, 9.17) is 4.74 Å². The number of piperazine rings is 1. The van der Waals surface area contributed by atoms with Gasteiger partial charge in [0.2, 0.25) is 5.91 Å². The third-order valence-electron chi connectivity index (χ3n) is 8.76. The number of hydrogen-bond acceptors (Lipinski definition) is 4. The van der Waals surface area contributed by atoms with E-state index in [2.05, 4.69) is 46.6 Å². The van der Waals surface area contributed by atoms with Crippen LogP contribution < -0.4 is 5.32 Å². The molecule has 2 amide bonds. The highest BCUT2D eigenvalue weighted by Crippen LogP contribution is 2.41. The topological polar surface area (TPSA) is 61.9 Å². The molecule has 3 aliphatic heterocycles. The predicted octanol–water partition coefficient (Wildman–Crippen LogP) is 5.27. The summed E-state index contributed by atoms with van der Waals surface area (Å²) in [4.78, 5) is 32.1. The first kappa shape index (κ1) is 26.0. The van der Waals surface area contributed by atoms with Gasteiger partial charge in [-0.15, -0.1) is 0 Å². The van der Waals surface area contributed by atoms with E-state index >= 15 is 0 Å². The van der Waals surface area contributed by atoms with Gasteiger partial charge in [0.1, 0.15) is 5.54 Å². The molecule has 37 heavy (non-hydrogen) atoms. The average Bonchev–Trinajstić information content (AvgIpc) is 3.07. The van der Waals surface area contributed by atoms with Gasteiger partial charge in [0.25, 0.3) is 5.91 Å². The largest absolute Gasteiger partial charge is 0.381 e. The van der Waals surface area contributed by atoms with E-state index in [0.717, 1.165) is 76.7 Å². The van der Waals surface area contributed by atoms with Crippen LogP contribution in [0.2, 0.25) is 0 Å². The van der Waals surface area contributed by atoms with Gasteiger partial charge in [-0.3, -0.25) is 9.59 Å². The maximum Gasteiger partial charge on any atom is 0.270 e. The fraction of sp³-hybridized carbons (Fsp3) is 0.613. The first-order valence-electron chi connectivity index (χ1n) is 14.5. The maximum absolute atomic E-state index is 14.0. The molecule has 3 heterocycles. The highest BCUT2D eigenvalue weighted by molar-refractivity contribution is 6.00. The van der Waals surface area contributed by atoms with Crippen LogP contribution in [0.25, 0.3) is 0 Å². The Morgan fingerprint density at radius 1 is 1.08 bits per heavy atom. The van der Waals surface area contributed by atoms with E-state index in [1.54, 1.807) is 0 Å². The standard InChI is InChI=1S/C31H43N3O3/c1-31(30(36)32-26-15-7-2-3-8-16-26)23-33-27(25-13-5-4-6-14-25)17-18-28(33)29(35)34(31)20-9-11-24-12-10-21-37-22-19-24/h4-6,12-14,18,26-27H,2-3,7-11,15-17,19-23H2,1H3,(H,32,36). The molecule has 2 fully saturated rings. The normalized spacial score (nSPS) is 27.2. The SMILES string of the molecule is CC1(C(=O)NC2CCCCCC2)CN2C(=CCC2c2ccccc2)C(=O)N1CCCC1=CCCOCC1. The molecule has 1 aliphatic carbocycles. The van der Waals surface area contributed by atoms with Gasteiger partial charge in [-0.1, -0.05) is 73.7 Å². The van der Waals surface area contributed by atoms with Crippen LogP contribution >= 0.6 is 0 Å². The molecule has 0 radical (unpaired) electrons. The molecular formula is C31H43N3O3. The lowest BCUT2D eigenvalue weighted by atomic mass is 9.91. The lowest BCUT2D eigenvalue weighted by molar-refractivity contribution is -0.152. The van der Waals surface area contributed by atoms with Gasteiger partial charge in [0, 0.05) is 12.6 Å². The van der Waals surface area contributed by atoms with Gasteiger partial charge in [-0.2, -0.15) is 0 Å². The van der Waals surface area contributed by atoms with Gasteiger partial charge in [0.15, 0.2) is 0 Å². The molecule has 1 saturated heterocycles. The third kappa shape index (κ3) is 5.79. The van der Waals surface area contributed by atoms with Crippen molar-refractivity contribution in [3.63, 3.8) is 0 Å². The summed E-state index contributed by atoms with van der Waals surface area (Å²) in [6.45, 7) is 4.68. The molecule has 0 bridgehead atoms. The van der Waals surface area contributed by atoms with Crippen molar-refractivity contribution >= 4 is 11.8 Å². The molecule has 0 aromatic heterocycles. The lowest BCUT2D eigenvalue weighted by Gasteiger charge is -2.50. The van der Waals surface area contributed by atoms with Gasteiger partial charge < -0.3 is 19.9 Å². The third-order valence-corrected chi connectivity index (χ3v) is 8.76. The fourth-order valence-corrected chi connectivity index (χ4v) is 6.56. The number of amides is 2. The number of benzene rings is 1. The van der Waals surface area contributed by atoms with Gasteiger partial charge in [-0.05, 0) is 57.4 Å². The van der Waals surface area contributed by atoms with Crippen LogP contribution in [0.3, 0.4) is 0 Å². The summed E-state index contributed by atoms with van der Waals surface area (Å²) in [7, 11) is 0. The Morgan fingerprint density at radius 3 is 2.65 bits per heavy atom. The molecule has 1 saturated carbocycles. The second-order valence-corrected chi connectivity index (χ2v) is 11.4.